The summed E-state index contributed by atoms with van der Waals surface area (Å²) in [5.41, 5.74) is 4.17. The number of nitrogens with one attached hydrogen (secondary N) is 1. The third-order valence-electron chi connectivity index (χ3n) is 5.63. The van der Waals surface area contributed by atoms with Gasteiger partial charge in [0.1, 0.15) is 0 Å². The summed E-state index contributed by atoms with van der Waals surface area (Å²) >= 11 is 0. The molecule has 4 rings (SSSR count). The first kappa shape index (κ1) is 23.0. The predicted octanol–water partition coefficient (Wildman–Crippen LogP) is 3.63. The Morgan fingerprint density at radius 3 is 2.64 bits per heavy atom. The van der Waals surface area contributed by atoms with Crippen LogP contribution in [0, 0.1) is 0 Å². The van der Waals surface area contributed by atoms with Gasteiger partial charge in [-0.25, -0.2) is 9.71 Å². The Hall–Kier alpha value is -3.20. The van der Waals surface area contributed by atoms with Gasteiger partial charge in [-0.2, -0.15) is 13.5 Å². The fourth-order valence-corrected chi connectivity index (χ4v) is 5.06. The van der Waals surface area contributed by atoms with Crippen molar-refractivity contribution in [3.63, 3.8) is 0 Å². The average Bonchev–Trinajstić information content (AvgIpc) is 3.18. The second-order valence-electron chi connectivity index (χ2n) is 8.73. The zero-order chi connectivity index (χ0) is 23.8. The summed E-state index contributed by atoms with van der Waals surface area (Å²) in [5.74, 6) is 0.00914. The van der Waals surface area contributed by atoms with Crippen LogP contribution in [0.5, 0.6) is 5.88 Å². The third-order valence-corrected chi connectivity index (χ3v) is 6.88. The zero-order valence-corrected chi connectivity index (χ0v) is 20.0. The highest BCUT2D eigenvalue weighted by atomic mass is 32.2. The van der Waals surface area contributed by atoms with Gasteiger partial charge in [0.2, 0.25) is 11.8 Å². The van der Waals surface area contributed by atoms with Crippen LogP contribution in [0.4, 0.5) is 0 Å². The van der Waals surface area contributed by atoms with Crippen LogP contribution in [0.1, 0.15) is 56.5 Å². The summed E-state index contributed by atoms with van der Waals surface area (Å²) in [6, 6.07) is 11.0. The predicted molar refractivity (Wildman–Crippen MR) is 125 cm³/mol. The molecule has 0 saturated heterocycles. The minimum absolute atomic E-state index is 0.0551. The maximum atomic E-state index is 13.0. The second kappa shape index (κ2) is 8.97. The van der Waals surface area contributed by atoms with Crippen molar-refractivity contribution in [2.75, 3.05) is 6.61 Å². The molecular formula is C24H28N4O4S. The summed E-state index contributed by atoms with van der Waals surface area (Å²) in [4.78, 5) is 17.3. The van der Waals surface area contributed by atoms with Gasteiger partial charge in [0, 0.05) is 36.5 Å². The normalized spacial score (nSPS) is 15.9. The number of carbonyl (C=O) groups is 1. The molecule has 0 radical (unpaired) electrons. The van der Waals surface area contributed by atoms with E-state index in [1.807, 2.05) is 58.0 Å². The van der Waals surface area contributed by atoms with Gasteiger partial charge in [-0.15, -0.1) is 0 Å². The van der Waals surface area contributed by atoms with Crippen LogP contribution in [0.3, 0.4) is 0 Å². The number of benzene rings is 1. The van der Waals surface area contributed by atoms with Crippen LogP contribution in [0.15, 0.2) is 47.6 Å². The Bertz CT molecular complexity index is 1300. The highest BCUT2D eigenvalue weighted by Gasteiger charge is 2.25. The molecule has 8 nitrogen and oxygen atoms in total. The average molecular weight is 469 g/mol. The molecule has 0 fully saturated rings. The van der Waals surface area contributed by atoms with E-state index in [-0.39, 0.29) is 23.4 Å². The molecule has 0 atom stereocenters. The van der Waals surface area contributed by atoms with Gasteiger partial charge in [-0.1, -0.05) is 32.0 Å². The van der Waals surface area contributed by atoms with Gasteiger partial charge in [0.25, 0.3) is 10.0 Å². The zero-order valence-electron chi connectivity index (χ0n) is 19.2. The Kier molecular flexibility index (Phi) is 6.25. The van der Waals surface area contributed by atoms with Gasteiger partial charge >= 0.3 is 0 Å². The first-order valence-corrected chi connectivity index (χ1v) is 12.5. The lowest BCUT2D eigenvalue weighted by Gasteiger charge is -2.18. The van der Waals surface area contributed by atoms with Gasteiger partial charge in [-0.05, 0) is 48.1 Å². The monoisotopic (exact) mass is 468 g/mol. The standard InChI is InChI=1S/C24H28N4O4S/c1-15(2)19-6-5-7-20-17-8-10-25-23(12-17)32-11-9-18-13-24(26-28(18)16(3)4)33(30,31)27-22(29)14-21(19)20/h5-8,10,12-13,15-16H,9,11,14H2,1-4H3,(H,27,29). The number of nitrogens with zero attached hydrogens (tertiary/aromatic N) is 3. The molecule has 3 heterocycles. The number of hydrogen-bond acceptors (Lipinski definition) is 6. The first-order chi connectivity index (χ1) is 15.7. The summed E-state index contributed by atoms with van der Waals surface area (Å²) in [5, 5.41) is 4.09. The van der Waals surface area contributed by atoms with Gasteiger partial charge < -0.3 is 4.74 Å². The number of hydrogen-bond donors (Lipinski definition) is 1. The molecule has 1 aliphatic rings. The topological polar surface area (TPSA) is 103 Å². The van der Waals surface area contributed by atoms with Crippen molar-refractivity contribution in [1.29, 1.82) is 0 Å². The van der Waals surface area contributed by atoms with Crippen LogP contribution in [0.2, 0.25) is 0 Å². The van der Waals surface area contributed by atoms with E-state index in [1.54, 1.807) is 10.9 Å². The van der Waals surface area contributed by atoms with Crippen LogP contribution in [-0.2, 0) is 27.7 Å². The molecule has 174 valence electrons. The SMILES string of the molecule is CC(C)c1cccc2c1CC(=O)NS(=O)(=O)c1cc(n(C(C)C)n1)CCOc1cc-2ccn1. The summed E-state index contributed by atoms with van der Waals surface area (Å²) in [6.45, 7) is 8.22. The highest BCUT2D eigenvalue weighted by molar-refractivity contribution is 7.90. The molecule has 0 unspecified atom stereocenters. The number of amides is 1. The number of aromatic nitrogens is 3. The van der Waals surface area contributed by atoms with Crippen molar-refractivity contribution >= 4 is 15.9 Å². The molecular weight excluding hydrogens is 440 g/mol. The van der Waals surface area contributed by atoms with E-state index in [4.69, 9.17) is 4.74 Å². The highest BCUT2D eigenvalue weighted by Crippen LogP contribution is 2.32. The smallest absolute Gasteiger partial charge is 0.283 e. The van der Waals surface area contributed by atoms with Crippen molar-refractivity contribution < 1.29 is 17.9 Å². The van der Waals surface area contributed by atoms with Crippen molar-refractivity contribution in [3.8, 4) is 17.0 Å². The van der Waals surface area contributed by atoms with E-state index >= 15 is 0 Å². The van der Waals surface area contributed by atoms with Crippen LogP contribution in [-0.4, -0.2) is 35.7 Å². The van der Waals surface area contributed by atoms with E-state index in [0.717, 1.165) is 22.3 Å². The van der Waals surface area contributed by atoms with Crippen LogP contribution < -0.4 is 9.46 Å². The molecule has 1 aromatic carbocycles. The number of carbonyl (C=O) groups excluding carboxylic acids is 1. The molecule has 1 aliphatic heterocycles. The minimum Gasteiger partial charge on any atom is -0.477 e. The number of ether oxygens (including phenoxy) is 1. The Labute approximate surface area is 194 Å². The molecule has 33 heavy (non-hydrogen) atoms. The largest absolute Gasteiger partial charge is 0.477 e. The summed E-state index contributed by atoms with van der Waals surface area (Å²) in [7, 11) is -4.12. The Morgan fingerprint density at radius 2 is 1.91 bits per heavy atom. The van der Waals surface area contributed by atoms with Gasteiger partial charge in [-0.3, -0.25) is 9.48 Å². The maximum absolute atomic E-state index is 13.0. The third kappa shape index (κ3) is 4.78. The number of fused-ring (bicyclic) bond motifs is 6. The Morgan fingerprint density at radius 1 is 1.12 bits per heavy atom. The fourth-order valence-electron chi connectivity index (χ4n) is 4.10. The lowest BCUT2D eigenvalue weighted by atomic mass is 9.88. The van der Waals surface area contributed by atoms with Crippen LogP contribution >= 0.6 is 0 Å². The lowest BCUT2D eigenvalue weighted by Crippen LogP contribution is -2.32. The van der Waals surface area contributed by atoms with Gasteiger partial charge in [0.05, 0.1) is 13.0 Å². The number of pyridine rings is 1. The minimum atomic E-state index is -4.12. The van der Waals surface area contributed by atoms with Gasteiger partial charge in [0.15, 0.2) is 5.03 Å². The van der Waals surface area contributed by atoms with Crippen molar-refractivity contribution in [2.45, 2.75) is 57.5 Å². The summed E-state index contributed by atoms with van der Waals surface area (Å²) in [6.07, 6.45) is 2.03. The molecule has 9 heteroatoms. The fraction of sp³-hybridized carbons (Fsp3) is 0.375. The van der Waals surface area contributed by atoms with Crippen molar-refractivity contribution in [1.82, 2.24) is 19.5 Å². The number of rotatable bonds is 2. The van der Waals surface area contributed by atoms with E-state index in [9.17, 15) is 13.2 Å². The van der Waals surface area contributed by atoms with Crippen molar-refractivity contribution in [2.24, 2.45) is 0 Å². The summed E-state index contributed by atoms with van der Waals surface area (Å²) < 4.78 is 35.7. The molecule has 0 spiro atoms. The van der Waals surface area contributed by atoms with Crippen LogP contribution in [0.25, 0.3) is 11.1 Å². The molecule has 4 bridgehead atoms. The van der Waals surface area contributed by atoms with Crippen molar-refractivity contribution in [3.05, 3.63) is 59.4 Å². The molecule has 3 aromatic rings. The molecule has 1 N–H and O–H groups in total. The van der Waals surface area contributed by atoms with E-state index in [0.29, 0.717) is 24.6 Å². The van der Waals surface area contributed by atoms with E-state index < -0.39 is 15.9 Å². The quantitative estimate of drug-likeness (QED) is 0.616. The Balaban J connectivity index is 1.85. The first-order valence-electron chi connectivity index (χ1n) is 11.0. The second-order valence-corrected chi connectivity index (χ2v) is 10.4. The lowest BCUT2D eigenvalue weighted by molar-refractivity contribution is -0.118. The van der Waals surface area contributed by atoms with E-state index in [1.165, 1.54) is 6.07 Å². The molecule has 2 aromatic heterocycles. The van der Waals surface area contributed by atoms with E-state index in [2.05, 4.69) is 14.8 Å². The number of sulfonamides is 1. The molecule has 0 saturated carbocycles. The molecule has 1 amide bonds. The maximum Gasteiger partial charge on any atom is 0.283 e. The molecule has 0 aliphatic carbocycles.